The van der Waals surface area contributed by atoms with Gasteiger partial charge in [0, 0.05) is 20.0 Å². The molecule has 0 atom stereocenters. The third-order valence-corrected chi connectivity index (χ3v) is 6.05. The maximum Gasteiger partial charge on any atom is 0.332 e. The summed E-state index contributed by atoms with van der Waals surface area (Å²) in [4.78, 5) is 34.5. The number of nitrogens with zero attached hydrogens (tertiary/aromatic N) is 4. The number of rotatable bonds is 5. The van der Waals surface area contributed by atoms with Gasteiger partial charge in [0.1, 0.15) is 16.2 Å². The molecule has 2 aromatic rings. The molecule has 6 nitrogen and oxygen atoms in total. The van der Waals surface area contributed by atoms with Crippen molar-refractivity contribution in [3.05, 3.63) is 26.7 Å². The minimum Gasteiger partial charge on any atom is -0.280 e. The van der Waals surface area contributed by atoms with Crippen molar-refractivity contribution in [1.82, 2.24) is 19.1 Å². The van der Waals surface area contributed by atoms with E-state index in [2.05, 4.69) is 11.9 Å². The first-order valence-corrected chi connectivity index (χ1v) is 10.1. The molecule has 1 aliphatic rings. The molecule has 25 heavy (non-hydrogen) atoms. The molecule has 136 valence electrons. The van der Waals surface area contributed by atoms with Gasteiger partial charge >= 0.3 is 5.69 Å². The highest BCUT2D eigenvalue weighted by Gasteiger charge is 2.23. The van der Waals surface area contributed by atoms with Crippen LogP contribution in [0.5, 0.6) is 0 Å². The van der Waals surface area contributed by atoms with Gasteiger partial charge in [-0.25, -0.2) is 14.8 Å². The van der Waals surface area contributed by atoms with Crippen LogP contribution in [0.25, 0.3) is 11.0 Å². The zero-order valence-corrected chi connectivity index (χ0v) is 16.1. The Morgan fingerprint density at radius 2 is 1.80 bits per heavy atom. The molecule has 0 spiro atoms. The third-order valence-electron chi connectivity index (χ3n) is 4.99. The van der Waals surface area contributed by atoms with Crippen LogP contribution in [0.2, 0.25) is 0 Å². The van der Waals surface area contributed by atoms with E-state index in [1.807, 2.05) is 0 Å². The lowest BCUT2D eigenvalue weighted by atomic mass is 9.89. The number of aryl methyl sites for hydroxylation is 1. The number of unbranched alkanes of at least 4 members (excludes halogenated alkanes) is 1. The standard InChI is InChI=1S/C18H26N4O2S/c1-4-5-11-25-16-13-15(21(2)18(24)22(3)17(13)23)19-14(20-16)12-9-7-6-8-10-12/h12H,4-11H2,1-3H3. The maximum atomic E-state index is 12.7. The summed E-state index contributed by atoms with van der Waals surface area (Å²) in [7, 11) is 3.20. The largest absolute Gasteiger partial charge is 0.332 e. The summed E-state index contributed by atoms with van der Waals surface area (Å²) < 4.78 is 2.63. The van der Waals surface area contributed by atoms with Gasteiger partial charge in [-0.3, -0.25) is 13.9 Å². The Morgan fingerprint density at radius 1 is 1.08 bits per heavy atom. The van der Waals surface area contributed by atoms with Gasteiger partial charge in [0.05, 0.1) is 0 Å². The Morgan fingerprint density at radius 3 is 2.48 bits per heavy atom. The molecule has 2 aromatic heterocycles. The van der Waals surface area contributed by atoms with E-state index >= 15 is 0 Å². The molecule has 1 saturated carbocycles. The molecule has 0 amide bonds. The Kier molecular flexibility index (Phi) is 5.61. The highest BCUT2D eigenvalue weighted by atomic mass is 32.2. The van der Waals surface area contributed by atoms with E-state index in [0.29, 0.717) is 17.0 Å². The monoisotopic (exact) mass is 362 g/mol. The molecule has 1 fully saturated rings. The van der Waals surface area contributed by atoms with Crippen LogP contribution in [-0.2, 0) is 14.1 Å². The van der Waals surface area contributed by atoms with E-state index in [1.54, 1.807) is 18.8 Å². The summed E-state index contributed by atoms with van der Waals surface area (Å²) in [5, 5.41) is 1.21. The predicted octanol–water partition coefficient (Wildman–Crippen LogP) is 2.97. The molecule has 3 rings (SSSR count). The Balaban J connectivity index is 2.20. The summed E-state index contributed by atoms with van der Waals surface area (Å²) in [6, 6.07) is 0. The summed E-state index contributed by atoms with van der Waals surface area (Å²) in [5.74, 6) is 2.05. The van der Waals surface area contributed by atoms with Crippen molar-refractivity contribution < 1.29 is 0 Å². The van der Waals surface area contributed by atoms with Crippen LogP contribution in [0.1, 0.15) is 63.6 Å². The first-order valence-electron chi connectivity index (χ1n) is 9.15. The third kappa shape index (κ3) is 3.52. The topological polar surface area (TPSA) is 69.8 Å². The molecule has 7 heteroatoms. The van der Waals surface area contributed by atoms with Crippen LogP contribution >= 0.6 is 11.8 Å². The second-order valence-corrected chi connectivity index (χ2v) is 7.91. The van der Waals surface area contributed by atoms with E-state index in [1.165, 1.54) is 30.9 Å². The number of hydrogen-bond donors (Lipinski definition) is 0. The van der Waals surface area contributed by atoms with Gasteiger partial charge in [-0.15, -0.1) is 11.8 Å². The smallest absolute Gasteiger partial charge is 0.280 e. The summed E-state index contributed by atoms with van der Waals surface area (Å²) in [6.45, 7) is 2.15. The van der Waals surface area contributed by atoms with E-state index in [0.717, 1.165) is 46.9 Å². The van der Waals surface area contributed by atoms with Crippen molar-refractivity contribution in [3.63, 3.8) is 0 Å². The zero-order chi connectivity index (χ0) is 18.0. The molecule has 1 aliphatic carbocycles. The Bertz CT molecular complexity index is 881. The van der Waals surface area contributed by atoms with Gasteiger partial charge in [0.25, 0.3) is 5.56 Å². The Hall–Kier alpha value is -1.63. The van der Waals surface area contributed by atoms with E-state index < -0.39 is 0 Å². The second-order valence-electron chi connectivity index (χ2n) is 6.83. The average molecular weight is 362 g/mol. The van der Waals surface area contributed by atoms with Crippen molar-refractivity contribution in [2.45, 2.75) is 62.8 Å². The molecule has 0 radical (unpaired) electrons. The molecule has 0 aliphatic heterocycles. The van der Waals surface area contributed by atoms with Crippen molar-refractivity contribution in [2.24, 2.45) is 14.1 Å². The molecule has 0 aromatic carbocycles. The average Bonchev–Trinajstić information content (AvgIpc) is 2.65. The lowest BCUT2D eigenvalue weighted by molar-refractivity contribution is 0.427. The van der Waals surface area contributed by atoms with Crippen molar-refractivity contribution in [1.29, 1.82) is 0 Å². The summed E-state index contributed by atoms with van der Waals surface area (Å²) >= 11 is 1.61. The van der Waals surface area contributed by atoms with Gasteiger partial charge in [-0.05, 0) is 25.0 Å². The van der Waals surface area contributed by atoms with Crippen LogP contribution in [0.4, 0.5) is 0 Å². The molecular weight excluding hydrogens is 336 g/mol. The molecule has 0 bridgehead atoms. The van der Waals surface area contributed by atoms with E-state index in [9.17, 15) is 9.59 Å². The summed E-state index contributed by atoms with van der Waals surface area (Å²) in [5.41, 5.74) is -0.162. The van der Waals surface area contributed by atoms with Crippen LogP contribution < -0.4 is 11.2 Å². The number of hydrogen-bond acceptors (Lipinski definition) is 5. The molecule has 2 heterocycles. The quantitative estimate of drug-likeness (QED) is 0.465. The normalized spacial score (nSPS) is 15.8. The molecular formula is C18H26N4O2S. The molecule has 0 N–H and O–H groups in total. The first-order chi connectivity index (χ1) is 12.0. The predicted molar refractivity (Wildman–Crippen MR) is 101 cm³/mol. The van der Waals surface area contributed by atoms with E-state index in [-0.39, 0.29) is 11.2 Å². The van der Waals surface area contributed by atoms with Gasteiger partial charge < -0.3 is 0 Å². The zero-order valence-electron chi connectivity index (χ0n) is 15.2. The fourth-order valence-corrected chi connectivity index (χ4v) is 4.51. The highest BCUT2D eigenvalue weighted by molar-refractivity contribution is 7.99. The SMILES string of the molecule is CCCCSc1nc(C2CCCCC2)nc2c1c(=O)n(C)c(=O)n2C. The lowest BCUT2D eigenvalue weighted by Crippen LogP contribution is -2.38. The van der Waals surface area contributed by atoms with Crippen LogP contribution in [0.3, 0.4) is 0 Å². The van der Waals surface area contributed by atoms with Gasteiger partial charge in [-0.2, -0.15) is 0 Å². The fraction of sp³-hybridized carbons (Fsp3) is 0.667. The molecule has 0 unspecified atom stereocenters. The van der Waals surface area contributed by atoms with Crippen LogP contribution in [0, 0.1) is 0 Å². The minimum absolute atomic E-state index is 0.299. The maximum absolute atomic E-state index is 12.7. The van der Waals surface area contributed by atoms with Gasteiger partial charge in [0.2, 0.25) is 0 Å². The molecule has 0 saturated heterocycles. The van der Waals surface area contributed by atoms with Crippen molar-refractivity contribution in [3.8, 4) is 0 Å². The second kappa shape index (κ2) is 7.72. The van der Waals surface area contributed by atoms with Crippen LogP contribution in [-0.4, -0.2) is 24.9 Å². The lowest BCUT2D eigenvalue weighted by Gasteiger charge is -2.21. The number of thioether (sulfide) groups is 1. The fourth-order valence-electron chi connectivity index (χ4n) is 3.41. The van der Waals surface area contributed by atoms with E-state index in [4.69, 9.17) is 4.98 Å². The van der Waals surface area contributed by atoms with Crippen molar-refractivity contribution in [2.75, 3.05) is 5.75 Å². The van der Waals surface area contributed by atoms with Crippen LogP contribution in [0.15, 0.2) is 14.6 Å². The summed E-state index contributed by atoms with van der Waals surface area (Å²) in [6.07, 6.45) is 8.00. The number of fused-ring (bicyclic) bond motifs is 1. The first kappa shape index (κ1) is 18.2. The number of aromatic nitrogens is 4. The van der Waals surface area contributed by atoms with Gasteiger partial charge in [0.15, 0.2) is 5.65 Å². The highest BCUT2D eigenvalue weighted by Crippen LogP contribution is 2.33. The Labute approximate surface area is 151 Å². The van der Waals surface area contributed by atoms with Crippen molar-refractivity contribution >= 4 is 22.8 Å². The van der Waals surface area contributed by atoms with Gasteiger partial charge in [-0.1, -0.05) is 32.6 Å². The minimum atomic E-state index is -0.338.